The number of benzene rings is 2. The van der Waals surface area contributed by atoms with Crippen molar-refractivity contribution in [1.29, 1.82) is 0 Å². The summed E-state index contributed by atoms with van der Waals surface area (Å²) < 4.78 is 26.0. The van der Waals surface area contributed by atoms with Crippen LogP contribution in [0.2, 0.25) is 0 Å². The van der Waals surface area contributed by atoms with Crippen molar-refractivity contribution in [1.82, 2.24) is 0 Å². The quantitative estimate of drug-likeness (QED) is 0.251. The molecule has 29 heavy (non-hydrogen) atoms. The van der Waals surface area contributed by atoms with Crippen LogP contribution in [0.25, 0.3) is 6.08 Å². The fraction of sp³-hybridized carbons (Fsp3) is 0.227. The molecule has 0 atom stereocenters. The maximum Gasteiger partial charge on any atom is 0.193 e. The molecule has 0 spiro atoms. The van der Waals surface area contributed by atoms with E-state index in [1.165, 1.54) is 38.5 Å². The molecule has 0 amide bonds. The number of ketones is 1. The van der Waals surface area contributed by atoms with Crippen LogP contribution in [-0.4, -0.2) is 45.3 Å². The molecule has 0 aliphatic rings. The van der Waals surface area contributed by atoms with E-state index < -0.39 is 5.78 Å². The largest absolute Gasteiger partial charge is 0.507 e. The summed E-state index contributed by atoms with van der Waals surface area (Å²) in [7, 11) is 3.01. The van der Waals surface area contributed by atoms with E-state index in [1.807, 2.05) is 6.07 Å². The average molecular weight is 400 g/mol. The van der Waals surface area contributed by atoms with Gasteiger partial charge in [-0.15, -0.1) is 0 Å². The fourth-order valence-corrected chi connectivity index (χ4v) is 2.39. The molecular weight excluding hydrogens is 376 g/mol. The normalized spacial score (nSPS) is 10.7. The highest BCUT2D eigenvalue weighted by molar-refractivity contribution is 6.10. The summed E-state index contributed by atoms with van der Waals surface area (Å²) in [6.45, 7) is 3.88. The van der Waals surface area contributed by atoms with Crippen LogP contribution < -0.4 is 14.2 Å². The van der Waals surface area contributed by atoms with Crippen molar-refractivity contribution in [2.24, 2.45) is 0 Å². The van der Waals surface area contributed by atoms with Gasteiger partial charge in [-0.1, -0.05) is 30.9 Å². The molecule has 0 bridgehead atoms. The summed E-state index contributed by atoms with van der Waals surface area (Å²) in [6.07, 6.45) is 4.50. The van der Waals surface area contributed by atoms with Crippen molar-refractivity contribution in [3.8, 4) is 23.0 Å². The van der Waals surface area contributed by atoms with Gasteiger partial charge in [-0.2, -0.15) is 0 Å². The van der Waals surface area contributed by atoms with Gasteiger partial charge in [0.05, 0.1) is 0 Å². The molecule has 7 heteroatoms. The number of phenolic OH excluding ortho intramolecular Hbond substituents is 1. The van der Waals surface area contributed by atoms with E-state index in [2.05, 4.69) is 6.58 Å². The molecule has 0 saturated heterocycles. The first-order valence-corrected chi connectivity index (χ1v) is 8.75. The minimum absolute atomic E-state index is 0.00494. The third kappa shape index (κ3) is 6.67. The molecule has 1 N–H and O–H groups in total. The molecule has 0 aliphatic heterocycles. The minimum atomic E-state index is -0.428. The van der Waals surface area contributed by atoms with Gasteiger partial charge in [-0.3, -0.25) is 4.79 Å². The van der Waals surface area contributed by atoms with Gasteiger partial charge in [-0.05, 0) is 23.8 Å². The zero-order chi connectivity index (χ0) is 21.1. The second-order valence-corrected chi connectivity index (χ2v) is 5.79. The predicted molar refractivity (Wildman–Crippen MR) is 109 cm³/mol. The van der Waals surface area contributed by atoms with Crippen LogP contribution in [-0.2, 0) is 9.47 Å². The molecule has 0 heterocycles. The number of hydrogen-bond donors (Lipinski definition) is 1. The summed E-state index contributed by atoms with van der Waals surface area (Å²) in [4.78, 5) is 12.7. The van der Waals surface area contributed by atoms with E-state index in [9.17, 15) is 9.90 Å². The fourth-order valence-electron chi connectivity index (χ4n) is 2.39. The van der Waals surface area contributed by atoms with Crippen molar-refractivity contribution in [2.75, 3.05) is 34.4 Å². The topological polar surface area (TPSA) is 83.5 Å². The SMILES string of the molecule is C=CCOc1cc(OCOC)cc(O)c1C(=O)C=Cc1cccc(OCOC)c1. The van der Waals surface area contributed by atoms with E-state index in [1.54, 1.807) is 24.3 Å². The molecule has 0 fully saturated rings. The number of carbonyl (C=O) groups is 1. The van der Waals surface area contributed by atoms with Crippen LogP contribution in [0, 0.1) is 0 Å². The van der Waals surface area contributed by atoms with Gasteiger partial charge in [0.25, 0.3) is 0 Å². The zero-order valence-corrected chi connectivity index (χ0v) is 16.4. The van der Waals surface area contributed by atoms with Crippen LogP contribution in [0.5, 0.6) is 23.0 Å². The number of carbonyl (C=O) groups excluding carboxylic acids is 1. The van der Waals surface area contributed by atoms with Gasteiger partial charge in [-0.25, -0.2) is 0 Å². The molecule has 0 saturated carbocycles. The van der Waals surface area contributed by atoms with Crippen molar-refractivity contribution in [3.63, 3.8) is 0 Å². The minimum Gasteiger partial charge on any atom is -0.507 e. The van der Waals surface area contributed by atoms with E-state index in [4.69, 9.17) is 23.7 Å². The Morgan fingerprint density at radius 3 is 2.45 bits per heavy atom. The van der Waals surface area contributed by atoms with E-state index in [0.717, 1.165) is 5.56 Å². The van der Waals surface area contributed by atoms with Crippen LogP contribution in [0.4, 0.5) is 0 Å². The lowest BCUT2D eigenvalue weighted by Crippen LogP contribution is -2.05. The van der Waals surface area contributed by atoms with Crippen LogP contribution in [0.15, 0.2) is 55.1 Å². The second-order valence-electron chi connectivity index (χ2n) is 5.79. The summed E-state index contributed by atoms with van der Waals surface area (Å²) in [5.74, 6) is 0.418. The Labute approximate surface area is 169 Å². The van der Waals surface area contributed by atoms with Crippen molar-refractivity contribution in [3.05, 3.63) is 66.3 Å². The van der Waals surface area contributed by atoms with Crippen LogP contribution in [0.3, 0.4) is 0 Å². The first kappa shape index (κ1) is 22.0. The number of phenols is 1. The average Bonchev–Trinajstić information content (AvgIpc) is 2.73. The highest BCUT2D eigenvalue weighted by atomic mass is 16.7. The Hall–Kier alpha value is -3.29. The summed E-state index contributed by atoms with van der Waals surface area (Å²) >= 11 is 0. The lowest BCUT2D eigenvalue weighted by atomic mass is 10.1. The van der Waals surface area contributed by atoms with Crippen LogP contribution in [0.1, 0.15) is 15.9 Å². The van der Waals surface area contributed by atoms with Crippen molar-refractivity contribution in [2.45, 2.75) is 0 Å². The molecule has 154 valence electrons. The van der Waals surface area contributed by atoms with Gasteiger partial charge in [0.1, 0.15) is 35.2 Å². The Balaban J connectivity index is 2.26. The maximum absolute atomic E-state index is 12.7. The Morgan fingerprint density at radius 2 is 1.76 bits per heavy atom. The molecule has 0 radical (unpaired) electrons. The van der Waals surface area contributed by atoms with E-state index >= 15 is 0 Å². The summed E-state index contributed by atoms with van der Waals surface area (Å²) in [5.41, 5.74) is 0.778. The van der Waals surface area contributed by atoms with E-state index in [-0.39, 0.29) is 37.3 Å². The molecule has 0 unspecified atom stereocenters. The van der Waals surface area contributed by atoms with Gasteiger partial charge < -0.3 is 28.8 Å². The lowest BCUT2D eigenvalue weighted by Gasteiger charge is -2.13. The first-order chi connectivity index (χ1) is 14.1. The monoisotopic (exact) mass is 400 g/mol. The zero-order valence-electron chi connectivity index (χ0n) is 16.4. The van der Waals surface area contributed by atoms with E-state index in [0.29, 0.717) is 11.5 Å². The molecule has 7 nitrogen and oxygen atoms in total. The Kier molecular flexibility index (Phi) is 8.75. The van der Waals surface area contributed by atoms with Gasteiger partial charge in [0, 0.05) is 26.4 Å². The summed E-state index contributed by atoms with van der Waals surface area (Å²) in [5, 5.41) is 10.4. The van der Waals surface area contributed by atoms with Gasteiger partial charge >= 0.3 is 0 Å². The molecule has 0 aromatic heterocycles. The number of allylic oxidation sites excluding steroid dienone is 1. The third-order valence-corrected chi connectivity index (χ3v) is 3.63. The molecule has 0 aliphatic carbocycles. The lowest BCUT2D eigenvalue weighted by molar-refractivity contribution is 0.0507. The standard InChI is InChI=1S/C22H24O7/c1-4-10-27-21-13-18(29-15-26-3)12-20(24)22(21)19(23)9-8-16-6-5-7-17(11-16)28-14-25-2/h4-9,11-13,24H,1,10,14-15H2,2-3H3. The highest BCUT2D eigenvalue weighted by Gasteiger charge is 2.18. The molecule has 2 aromatic rings. The smallest absolute Gasteiger partial charge is 0.193 e. The van der Waals surface area contributed by atoms with Crippen molar-refractivity contribution >= 4 is 11.9 Å². The number of rotatable bonds is 12. The third-order valence-electron chi connectivity index (χ3n) is 3.63. The molecular formula is C22H24O7. The Bertz CT molecular complexity index is 858. The number of aromatic hydroxyl groups is 1. The number of hydrogen-bond acceptors (Lipinski definition) is 7. The number of ether oxygens (including phenoxy) is 5. The van der Waals surface area contributed by atoms with Gasteiger partial charge in [0.15, 0.2) is 19.4 Å². The maximum atomic E-state index is 12.7. The molecule has 2 rings (SSSR count). The van der Waals surface area contributed by atoms with Crippen LogP contribution >= 0.6 is 0 Å². The van der Waals surface area contributed by atoms with Crippen molar-refractivity contribution < 1.29 is 33.6 Å². The van der Waals surface area contributed by atoms with Gasteiger partial charge in [0.2, 0.25) is 0 Å². The number of methoxy groups -OCH3 is 2. The Morgan fingerprint density at radius 1 is 1.03 bits per heavy atom. The summed E-state index contributed by atoms with van der Waals surface area (Å²) in [6, 6.07) is 10.0. The highest BCUT2D eigenvalue weighted by Crippen LogP contribution is 2.34. The second kappa shape index (κ2) is 11.5. The predicted octanol–water partition coefficient (Wildman–Crippen LogP) is 3.82. The molecule has 2 aromatic carbocycles. The first-order valence-electron chi connectivity index (χ1n) is 8.75.